The molecule has 24 heavy (non-hydrogen) atoms. The molecule has 1 atom stereocenters. The van der Waals surface area contributed by atoms with E-state index in [1.807, 2.05) is 24.4 Å². The van der Waals surface area contributed by atoms with Gasteiger partial charge in [0, 0.05) is 37.5 Å². The Labute approximate surface area is 139 Å². The molecule has 0 aliphatic carbocycles. The van der Waals surface area contributed by atoms with Crippen LogP contribution in [0.1, 0.15) is 39.7 Å². The molecule has 4 rings (SSSR count). The SMILES string of the molecule is Cc1cc(C2CCOC2)oc(=O)c1C(=O)N1CCn2cccc2C1. The predicted octanol–water partition coefficient (Wildman–Crippen LogP) is 1.91. The van der Waals surface area contributed by atoms with Gasteiger partial charge in [0.25, 0.3) is 5.91 Å². The van der Waals surface area contributed by atoms with Crippen molar-refractivity contribution in [2.24, 2.45) is 0 Å². The zero-order valence-electron chi connectivity index (χ0n) is 13.7. The molecule has 0 saturated carbocycles. The van der Waals surface area contributed by atoms with Crippen molar-refractivity contribution in [3.63, 3.8) is 0 Å². The summed E-state index contributed by atoms with van der Waals surface area (Å²) in [6.45, 7) is 4.91. The van der Waals surface area contributed by atoms with Crippen molar-refractivity contribution < 1.29 is 13.9 Å². The maximum atomic E-state index is 12.8. The van der Waals surface area contributed by atoms with Gasteiger partial charge in [0.05, 0.1) is 13.2 Å². The largest absolute Gasteiger partial charge is 0.427 e. The summed E-state index contributed by atoms with van der Waals surface area (Å²) >= 11 is 0. The van der Waals surface area contributed by atoms with E-state index in [9.17, 15) is 9.59 Å². The molecule has 1 saturated heterocycles. The Morgan fingerprint density at radius 3 is 2.96 bits per heavy atom. The highest BCUT2D eigenvalue weighted by atomic mass is 16.5. The highest BCUT2D eigenvalue weighted by Crippen LogP contribution is 2.26. The Kier molecular flexibility index (Phi) is 3.76. The van der Waals surface area contributed by atoms with Crippen molar-refractivity contribution in [1.82, 2.24) is 9.47 Å². The van der Waals surface area contributed by atoms with Crippen LogP contribution in [0.2, 0.25) is 0 Å². The van der Waals surface area contributed by atoms with Gasteiger partial charge in [-0.05, 0) is 37.1 Å². The Morgan fingerprint density at radius 1 is 1.33 bits per heavy atom. The first-order chi connectivity index (χ1) is 11.6. The normalized spacial score (nSPS) is 20.2. The van der Waals surface area contributed by atoms with Gasteiger partial charge in [-0.1, -0.05) is 0 Å². The third-order valence-corrected chi connectivity index (χ3v) is 4.89. The van der Waals surface area contributed by atoms with Gasteiger partial charge < -0.3 is 18.6 Å². The minimum atomic E-state index is -0.539. The lowest BCUT2D eigenvalue weighted by molar-refractivity contribution is 0.0705. The van der Waals surface area contributed by atoms with E-state index in [0.29, 0.717) is 37.6 Å². The summed E-state index contributed by atoms with van der Waals surface area (Å²) in [5, 5.41) is 0. The van der Waals surface area contributed by atoms with Gasteiger partial charge >= 0.3 is 5.63 Å². The fraction of sp³-hybridized carbons (Fsp3) is 0.444. The maximum absolute atomic E-state index is 12.8. The first-order valence-electron chi connectivity index (χ1n) is 8.29. The summed E-state index contributed by atoms with van der Waals surface area (Å²) in [5.41, 5.74) is 1.37. The molecular formula is C18H20N2O4. The summed E-state index contributed by atoms with van der Waals surface area (Å²) in [6, 6.07) is 5.79. The van der Waals surface area contributed by atoms with Crippen LogP contribution in [0.25, 0.3) is 0 Å². The first-order valence-corrected chi connectivity index (χ1v) is 8.29. The van der Waals surface area contributed by atoms with E-state index in [2.05, 4.69) is 4.57 Å². The number of aromatic nitrogens is 1. The molecule has 2 aromatic rings. The van der Waals surface area contributed by atoms with Crippen LogP contribution in [-0.4, -0.2) is 35.1 Å². The summed E-state index contributed by atoms with van der Waals surface area (Å²) in [7, 11) is 0. The molecule has 2 aromatic heterocycles. The molecule has 6 heteroatoms. The lowest BCUT2D eigenvalue weighted by atomic mass is 10.0. The molecular weight excluding hydrogens is 308 g/mol. The van der Waals surface area contributed by atoms with E-state index < -0.39 is 5.63 Å². The van der Waals surface area contributed by atoms with Crippen molar-refractivity contribution in [3.05, 3.63) is 57.4 Å². The maximum Gasteiger partial charge on any atom is 0.349 e. The van der Waals surface area contributed by atoms with Gasteiger partial charge in [-0.2, -0.15) is 0 Å². The number of rotatable bonds is 2. The summed E-state index contributed by atoms with van der Waals surface area (Å²) < 4.78 is 12.9. The summed E-state index contributed by atoms with van der Waals surface area (Å²) in [4.78, 5) is 27.0. The van der Waals surface area contributed by atoms with Gasteiger partial charge in [0.15, 0.2) is 0 Å². The van der Waals surface area contributed by atoms with Crippen LogP contribution in [0.5, 0.6) is 0 Å². The average Bonchev–Trinajstić information content (AvgIpc) is 3.24. The van der Waals surface area contributed by atoms with Crippen LogP contribution in [0.15, 0.2) is 33.6 Å². The van der Waals surface area contributed by atoms with Gasteiger partial charge in [-0.3, -0.25) is 4.79 Å². The molecule has 0 spiro atoms. The van der Waals surface area contributed by atoms with E-state index in [1.165, 1.54) is 0 Å². The van der Waals surface area contributed by atoms with Gasteiger partial charge in [0.2, 0.25) is 0 Å². The molecule has 0 N–H and O–H groups in total. The second kappa shape index (κ2) is 5.94. The monoisotopic (exact) mass is 328 g/mol. The lowest BCUT2D eigenvalue weighted by Gasteiger charge is -2.28. The van der Waals surface area contributed by atoms with Crippen LogP contribution in [0.4, 0.5) is 0 Å². The zero-order chi connectivity index (χ0) is 16.7. The standard InChI is InChI=1S/C18H20N2O4/c1-12-9-15(13-4-8-23-11-13)24-18(22)16(12)17(21)20-7-6-19-5-2-3-14(19)10-20/h2-3,5,9,13H,4,6-8,10-11H2,1H3. The number of carbonyl (C=O) groups excluding carboxylic acids is 1. The Bertz CT molecular complexity index is 830. The Hall–Kier alpha value is -2.34. The molecule has 2 aliphatic heterocycles. The number of hydrogen-bond acceptors (Lipinski definition) is 4. The number of amides is 1. The fourth-order valence-corrected chi connectivity index (χ4v) is 3.50. The van der Waals surface area contributed by atoms with Crippen LogP contribution in [0, 0.1) is 6.92 Å². The fourth-order valence-electron chi connectivity index (χ4n) is 3.50. The van der Waals surface area contributed by atoms with Gasteiger partial charge in [0.1, 0.15) is 11.3 Å². The second-order valence-corrected chi connectivity index (χ2v) is 6.47. The predicted molar refractivity (Wildman–Crippen MR) is 87.1 cm³/mol. The van der Waals surface area contributed by atoms with Crippen molar-refractivity contribution in [1.29, 1.82) is 0 Å². The molecule has 0 radical (unpaired) electrons. The molecule has 1 amide bonds. The van der Waals surface area contributed by atoms with E-state index in [4.69, 9.17) is 9.15 Å². The smallest absolute Gasteiger partial charge is 0.349 e. The number of carbonyl (C=O) groups is 1. The number of ether oxygens (including phenoxy) is 1. The Balaban J connectivity index is 1.62. The van der Waals surface area contributed by atoms with Crippen molar-refractivity contribution in [2.75, 3.05) is 19.8 Å². The van der Waals surface area contributed by atoms with Crippen molar-refractivity contribution in [2.45, 2.75) is 32.4 Å². The third-order valence-electron chi connectivity index (χ3n) is 4.89. The summed E-state index contributed by atoms with van der Waals surface area (Å²) in [6.07, 6.45) is 2.86. The Morgan fingerprint density at radius 2 is 2.21 bits per heavy atom. The van der Waals surface area contributed by atoms with Crippen LogP contribution >= 0.6 is 0 Å². The van der Waals surface area contributed by atoms with E-state index >= 15 is 0 Å². The van der Waals surface area contributed by atoms with E-state index in [0.717, 1.165) is 18.7 Å². The zero-order valence-corrected chi connectivity index (χ0v) is 13.7. The van der Waals surface area contributed by atoms with E-state index in [1.54, 1.807) is 11.8 Å². The molecule has 2 aliphatic rings. The van der Waals surface area contributed by atoms with Crippen LogP contribution in [0.3, 0.4) is 0 Å². The van der Waals surface area contributed by atoms with Gasteiger partial charge in [-0.25, -0.2) is 4.79 Å². The highest BCUT2D eigenvalue weighted by Gasteiger charge is 2.28. The molecule has 6 nitrogen and oxygen atoms in total. The molecule has 0 bridgehead atoms. The molecule has 126 valence electrons. The summed E-state index contributed by atoms with van der Waals surface area (Å²) in [5.74, 6) is 0.487. The number of fused-ring (bicyclic) bond motifs is 1. The van der Waals surface area contributed by atoms with E-state index in [-0.39, 0.29) is 17.4 Å². The van der Waals surface area contributed by atoms with Crippen LogP contribution < -0.4 is 5.63 Å². The minimum absolute atomic E-state index is 0.110. The van der Waals surface area contributed by atoms with Crippen molar-refractivity contribution >= 4 is 5.91 Å². The number of nitrogens with zero attached hydrogens (tertiary/aromatic N) is 2. The molecule has 1 unspecified atom stereocenters. The topological polar surface area (TPSA) is 64.7 Å². The lowest BCUT2D eigenvalue weighted by Crippen LogP contribution is -2.40. The quantitative estimate of drug-likeness (QED) is 0.845. The van der Waals surface area contributed by atoms with Crippen LogP contribution in [-0.2, 0) is 17.8 Å². The highest BCUT2D eigenvalue weighted by molar-refractivity contribution is 5.95. The second-order valence-electron chi connectivity index (χ2n) is 6.47. The van der Waals surface area contributed by atoms with Gasteiger partial charge in [-0.15, -0.1) is 0 Å². The minimum Gasteiger partial charge on any atom is -0.427 e. The molecule has 1 fully saturated rings. The average molecular weight is 328 g/mol. The van der Waals surface area contributed by atoms with Crippen molar-refractivity contribution in [3.8, 4) is 0 Å². The number of hydrogen-bond donors (Lipinski definition) is 0. The molecule has 0 aromatic carbocycles. The molecule has 4 heterocycles. The first kappa shape index (κ1) is 15.2. The number of aryl methyl sites for hydroxylation is 1. The third kappa shape index (κ3) is 2.57.